The smallest absolute Gasteiger partial charge is 0.167 e. The number of aromatic nitrogens is 2. The van der Waals surface area contributed by atoms with Crippen molar-refractivity contribution < 1.29 is 4.74 Å². The van der Waals surface area contributed by atoms with Gasteiger partial charge in [-0.05, 0) is 33.6 Å². The first-order chi connectivity index (χ1) is 8.61. The van der Waals surface area contributed by atoms with E-state index in [4.69, 9.17) is 22.7 Å². The molecule has 0 aliphatic heterocycles. The molecule has 1 aromatic heterocycles. The summed E-state index contributed by atoms with van der Waals surface area (Å²) < 4.78 is 8.02. The van der Waals surface area contributed by atoms with Crippen LogP contribution in [-0.2, 0) is 6.54 Å². The second-order valence-electron chi connectivity index (χ2n) is 3.71. The highest BCUT2D eigenvalue weighted by Crippen LogP contribution is 2.25. The first-order valence-electron chi connectivity index (χ1n) is 5.25. The summed E-state index contributed by atoms with van der Waals surface area (Å²) in [5, 5.41) is 0. The number of thiocarbonyl (C=S) groups is 1. The van der Waals surface area contributed by atoms with E-state index in [0.29, 0.717) is 17.4 Å². The van der Waals surface area contributed by atoms with Crippen LogP contribution in [0.5, 0.6) is 5.75 Å². The van der Waals surface area contributed by atoms with Crippen molar-refractivity contribution in [1.29, 1.82) is 0 Å². The van der Waals surface area contributed by atoms with E-state index >= 15 is 0 Å². The van der Waals surface area contributed by atoms with Gasteiger partial charge in [-0.25, -0.2) is 4.98 Å². The van der Waals surface area contributed by atoms with Crippen LogP contribution in [0, 0.1) is 0 Å². The number of halogens is 1. The number of hydrogen-bond donors (Lipinski definition) is 1. The summed E-state index contributed by atoms with van der Waals surface area (Å²) in [6.07, 6.45) is 3.54. The highest BCUT2D eigenvalue weighted by atomic mass is 79.9. The molecule has 1 aromatic carbocycles. The number of hydrogen-bond acceptors (Lipinski definition) is 3. The second kappa shape index (κ2) is 5.49. The zero-order chi connectivity index (χ0) is 13.1. The number of nitrogens with two attached hydrogens (primary N) is 1. The van der Waals surface area contributed by atoms with E-state index in [1.807, 2.05) is 29.0 Å². The standard InChI is InChI=1S/C12H12BrN3OS/c1-17-10-3-2-8(6-9(10)13)7-16-5-4-15-12(16)11(14)18/h2-6H,7H2,1H3,(H2,14,18). The Labute approximate surface area is 119 Å². The van der Waals surface area contributed by atoms with Crippen molar-refractivity contribution in [3.8, 4) is 5.75 Å². The molecule has 0 aliphatic rings. The molecule has 6 heteroatoms. The molecule has 1 heterocycles. The van der Waals surface area contributed by atoms with Gasteiger partial charge in [-0.15, -0.1) is 0 Å². The van der Waals surface area contributed by atoms with Gasteiger partial charge in [0.1, 0.15) is 10.7 Å². The van der Waals surface area contributed by atoms with Crippen LogP contribution in [0.3, 0.4) is 0 Å². The molecule has 0 unspecified atom stereocenters. The van der Waals surface area contributed by atoms with Gasteiger partial charge in [-0.2, -0.15) is 0 Å². The topological polar surface area (TPSA) is 53.1 Å². The van der Waals surface area contributed by atoms with Crippen LogP contribution in [0.25, 0.3) is 0 Å². The summed E-state index contributed by atoms with van der Waals surface area (Å²) in [4.78, 5) is 4.43. The maximum Gasteiger partial charge on any atom is 0.167 e. The monoisotopic (exact) mass is 325 g/mol. The number of methoxy groups -OCH3 is 1. The van der Waals surface area contributed by atoms with E-state index in [2.05, 4.69) is 20.9 Å². The lowest BCUT2D eigenvalue weighted by Gasteiger charge is -2.09. The minimum Gasteiger partial charge on any atom is -0.496 e. The molecule has 0 fully saturated rings. The Kier molecular flexibility index (Phi) is 3.98. The highest BCUT2D eigenvalue weighted by Gasteiger charge is 2.07. The van der Waals surface area contributed by atoms with Crippen LogP contribution in [0.15, 0.2) is 35.1 Å². The van der Waals surface area contributed by atoms with Crippen LogP contribution in [-0.4, -0.2) is 21.6 Å². The van der Waals surface area contributed by atoms with Crippen molar-refractivity contribution in [3.05, 3.63) is 46.5 Å². The molecule has 0 amide bonds. The number of nitrogens with zero attached hydrogens (tertiary/aromatic N) is 2. The molecular formula is C12H12BrN3OS. The molecule has 0 spiro atoms. The summed E-state index contributed by atoms with van der Waals surface area (Å²) in [7, 11) is 1.64. The van der Waals surface area contributed by atoms with Gasteiger partial charge in [-0.1, -0.05) is 18.3 Å². The van der Waals surface area contributed by atoms with Crippen LogP contribution < -0.4 is 10.5 Å². The molecule has 94 valence electrons. The van der Waals surface area contributed by atoms with E-state index < -0.39 is 0 Å². The summed E-state index contributed by atoms with van der Waals surface area (Å²) in [5.41, 5.74) is 6.72. The predicted octanol–water partition coefficient (Wildman–Crippen LogP) is 2.34. The Morgan fingerprint density at radius 2 is 2.33 bits per heavy atom. The Morgan fingerprint density at radius 1 is 1.56 bits per heavy atom. The fourth-order valence-corrected chi connectivity index (χ4v) is 2.42. The molecule has 18 heavy (non-hydrogen) atoms. The number of rotatable bonds is 4. The number of benzene rings is 1. The molecule has 2 N–H and O–H groups in total. The largest absolute Gasteiger partial charge is 0.496 e. The minimum absolute atomic E-state index is 0.299. The highest BCUT2D eigenvalue weighted by molar-refractivity contribution is 9.10. The Morgan fingerprint density at radius 3 is 2.94 bits per heavy atom. The van der Waals surface area contributed by atoms with Crippen LogP contribution in [0.2, 0.25) is 0 Å². The van der Waals surface area contributed by atoms with E-state index in [1.54, 1.807) is 13.3 Å². The molecule has 0 saturated heterocycles. The molecular weight excluding hydrogens is 314 g/mol. The lowest BCUT2D eigenvalue weighted by atomic mass is 10.2. The maximum atomic E-state index is 5.61. The summed E-state index contributed by atoms with van der Waals surface area (Å²) in [6, 6.07) is 5.91. The predicted molar refractivity (Wildman–Crippen MR) is 77.9 cm³/mol. The zero-order valence-corrected chi connectivity index (χ0v) is 12.2. The third-order valence-electron chi connectivity index (χ3n) is 2.50. The fourth-order valence-electron chi connectivity index (χ4n) is 1.67. The van der Waals surface area contributed by atoms with Crippen molar-refractivity contribution in [2.75, 3.05) is 7.11 Å². The maximum absolute atomic E-state index is 5.61. The zero-order valence-electron chi connectivity index (χ0n) is 9.76. The summed E-state index contributed by atoms with van der Waals surface area (Å²) >= 11 is 8.41. The van der Waals surface area contributed by atoms with Gasteiger partial charge in [-0.3, -0.25) is 0 Å². The molecule has 0 bridgehead atoms. The van der Waals surface area contributed by atoms with Gasteiger partial charge in [0.25, 0.3) is 0 Å². The van der Waals surface area contributed by atoms with Crippen LogP contribution in [0.4, 0.5) is 0 Å². The third-order valence-corrected chi connectivity index (χ3v) is 3.31. The Hall–Kier alpha value is -1.40. The summed E-state index contributed by atoms with van der Waals surface area (Å²) in [5.74, 6) is 1.43. The molecule has 4 nitrogen and oxygen atoms in total. The average molecular weight is 326 g/mol. The van der Waals surface area contributed by atoms with E-state index in [9.17, 15) is 0 Å². The van der Waals surface area contributed by atoms with Gasteiger partial charge in [0.15, 0.2) is 5.82 Å². The van der Waals surface area contributed by atoms with Crippen molar-refractivity contribution >= 4 is 33.1 Å². The van der Waals surface area contributed by atoms with Gasteiger partial charge in [0.05, 0.1) is 11.6 Å². The first-order valence-corrected chi connectivity index (χ1v) is 6.45. The fraction of sp³-hybridized carbons (Fsp3) is 0.167. The molecule has 0 saturated carbocycles. The molecule has 0 atom stereocenters. The molecule has 0 radical (unpaired) electrons. The average Bonchev–Trinajstić information content (AvgIpc) is 2.77. The van der Waals surface area contributed by atoms with Crippen molar-refractivity contribution in [2.24, 2.45) is 5.73 Å². The molecule has 2 rings (SSSR count). The van der Waals surface area contributed by atoms with Crippen molar-refractivity contribution in [3.63, 3.8) is 0 Å². The summed E-state index contributed by atoms with van der Waals surface area (Å²) in [6.45, 7) is 0.662. The quantitative estimate of drug-likeness (QED) is 0.876. The Bertz CT molecular complexity index is 582. The Balaban J connectivity index is 2.26. The second-order valence-corrected chi connectivity index (χ2v) is 5.01. The third kappa shape index (κ3) is 2.70. The number of imidazole rings is 1. The molecule has 0 aliphatic carbocycles. The lowest BCUT2D eigenvalue weighted by Crippen LogP contribution is -2.17. The lowest BCUT2D eigenvalue weighted by molar-refractivity contribution is 0.412. The van der Waals surface area contributed by atoms with Gasteiger partial charge in [0.2, 0.25) is 0 Å². The van der Waals surface area contributed by atoms with Crippen molar-refractivity contribution in [2.45, 2.75) is 6.54 Å². The van der Waals surface area contributed by atoms with Gasteiger partial charge < -0.3 is 15.0 Å². The van der Waals surface area contributed by atoms with Gasteiger partial charge >= 0.3 is 0 Å². The van der Waals surface area contributed by atoms with Crippen LogP contribution in [0.1, 0.15) is 11.4 Å². The number of ether oxygens (including phenoxy) is 1. The SMILES string of the molecule is COc1ccc(Cn2ccnc2C(N)=S)cc1Br. The van der Waals surface area contributed by atoms with E-state index in [1.165, 1.54) is 0 Å². The molecule has 2 aromatic rings. The van der Waals surface area contributed by atoms with Crippen molar-refractivity contribution in [1.82, 2.24) is 9.55 Å². The first kappa shape index (κ1) is 13.0. The van der Waals surface area contributed by atoms with E-state index in [0.717, 1.165) is 15.8 Å². The van der Waals surface area contributed by atoms with E-state index in [-0.39, 0.29) is 0 Å². The van der Waals surface area contributed by atoms with Crippen LogP contribution >= 0.6 is 28.1 Å². The minimum atomic E-state index is 0.299. The van der Waals surface area contributed by atoms with Gasteiger partial charge in [0, 0.05) is 18.9 Å². The normalized spacial score (nSPS) is 10.3.